The van der Waals surface area contributed by atoms with Crippen LogP contribution in [0.2, 0.25) is 0 Å². The Kier molecular flexibility index (Phi) is 4.57. The fraction of sp³-hybridized carbons (Fsp3) is 0.500. The molecule has 2 fully saturated rings. The van der Waals surface area contributed by atoms with E-state index in [1.807, 2.05) is 47.4 Å². The predicted molar refractivity (Wildman–Crippen MR) is 97.5 cm³/mol. The fourth-order valence-electron chi connectivity index (χ4n) is 4.40. The Balaban J connectivity index is 1.34. The molecule has 1 saturated heterocycles. The molecule has 132 valence electrons. The molecule has 0 bridgehead atoms. The number of nitrogens with zero attached hydrogens (tertiary/aromatic N) is 2. The maximum atomic E-state index is 12.8. The van der Waals surface area contributed by atoms with Crippen molar-refractivity contribution in [3.05, 3.63) is 48.3 Å². The highest BCUT2D eigenvalue weighted by molar-refractivity contribution is 5.83. The molecule has 0 spiro atoms. The van der Waals surface area contributed by atoms with Crippen molar-refractivity contribution in [2.24, 2.45) is 11.3 Å². The van der Waals surface area contributed by atoms with E-state index in [9.17, 15) is 4.79 Å². The molecule has 25 heavy (non-hydrogen) atoms. The quantitative estimate of drug-likeness (QED) is 0.879. The second-order valence-corrected chi connectivity index (χ2v) is 7.36. The van der Waals surface area contributed by atoms with Crippen LogP contribution in [0.4, 0.5) is 0 Å². The molecule has 1 saturated carbocycles. The van der Waals surface area contributed by atoms with Crippen LogP contribution in [0.5, 0.6) is 0 Å². The summed E-state index contributed by atoms with van der Waals surface area (Å²) in [7, 11) is 0. The third-order valence-corrected chi connectivity index (χ3v) is 5.85. The van der Waals surface area contributed by atoms with Crippen molar-refractivity contribution < 1.29 is 4.79 Å². The van der Waals surface area contributed by atoms with Crippen LogP contribution in [0.15, 0.2) is 42.7 Å². The Morgan fingerprint density at radius 1 is 1.32 bits per heavy atom. The van der Waals surface area contributed by atoms with Crippen LogP contribution < -0.4 is 10.6 Å². The van der Waals surface area contributed by atoms with Gasteiger partial charge in [0.05, 0.1) is 17.3 Å². The van der Waals surface area contributed by atoms with Crippen molar-refractivity contribution in [3.8, 4) is 5.69 Å². The summed E-state index contributed by atoms with van der Waals surface area (Å²) in [5.41, 5.74) is 2.04. The number of para-hydroxylation sites is 1. The first kappa shape index (κ1) is 16.3. The number of hydrogen-bond acceptors (Lipinski definition) is 3. The van der Waals surface area contributed by atoms with Crippen LogP contribution in [-0.4, -0.2) is 35.3 Å². The van der Waals surface area contributed by atoms with E-state index in [-0.39, 0.29) is 11.3 Å². The third-order valence-electron chi connectivity index (χ3n) is 5.85. The van der Waals surface area contributed by atoms with E-state index in [0.717, 1.165) is 37.2 Å². The topological polar surface area (TPSA) is 59.0 Å². The molecule has 2 atom stereocenters. The minimum atomic E-state index is -0.160. The van der Waals surface area contributed by atoms with Crippen molar-refractivity contribution in [2.45, 2.75) is 32.1 Å². The monoisotopic (exact) mass is 338 g/mol. The Hall–Kier alpha value is -2.14. The highest BCUT2D eigenvalue weighted by Crippen LogP contribution is 2.43. The van der Waals surface area contributed by atoms with Crippen LogP contribution in [0.3, 0.4) is 0 Å². The standard InChI is InChI=1S/C20H26N4O/c25-19(20-10-5-4-6-17(20)13-21-15-20)22-11-9-16-12-23-24(14-16)18-7-2-1-3-8-18/h1-3,7-8,12,14,17,21H,4-6,9-11,13,15H2,(H,22,25)/t17-,20+/m0/s1. The first-order valence-corrected chi connectivity index (χ1v) is 9.36. The number of nitrogens with one attached hydrogen (secondary N) is 2. The Labute approximate surface area is 148 Å². The summed E-state index contributed by atoms with van der Waals surface area (Å²) in [6, 6.07) is 10.1. The molecular weight excluding hydrogens is 312 g/mol. The summed E-state index contributed by atoms with van der Waals surface area (Å²) in [4.78, 5) is 12.8. The van der Waals surface area contributed by atoms with E-state index in [2.05, 4.69) is 15.7 Å². The third kappa shape index (κ3) is 3.21. The number of hydrogen-bond donors (Lipinski definition) is 2. The number of carbonyl (C=O) groups excluding carboxylic acids is 1. The lowest BCUT2D eigenvalue weighted by Gasteiger charge is -2.37. The summed E-state index contributed by atoms with van der Waals surface area (Å²) < 4.78 is 1.88. The zero-order valence-electron chi connectivity index (χ0n) is 14.6. The van der Waals surface area contributed by atoms with Gasteiger partial charge in [0.15, 0.2) is 0 Å². The van der Waals surface area contributed by atoms with Gasteiger partial charge in [-0.1, -0.05) is 31.0 Å². The van der Waals surface area contributed by atoms with Gasteiger partial charge >= 0.3 is 0 Å². The number of benzene rings is 1. The molecule has 2 heterocycles. The van der Waals surface area contributed by atoms with Gasteiger partial charge < -0.3 is 10.6 Å². The summed E-state index contributed by atoms with van der Waals surface area (Å²) in [5, 5.41) is 11.1. The van der Waals surface area contributed by atoms with E-state index in [1.165, 1.54) is 19.3 Å². The molecule has 1 aromatic heterocycles. The van der Waals surface area contributed by atoms with Gasteiger partial charge in [0, 0.05) is 19.3 Å². The van der Waals surface area contributed by atoms with Crippen LogP contribution in [-0.2, 0) is 11.2 Å². The van der Waals surface area contributed by atoms with E-state index >= 15 is 0 Å². The zero-order valence-corrected chi connectivity index (χ0v) is 14.6. The lowest BCUT2D eigenvalue weighted by molar-refractivity contribution is -0.133. The summed E-state index contributed by atoms with van der Waals surface area (Å²) in [6.07, 6.45) is 9.40. The molecule has 2 N–H and O–H groups in total. The van der Waals surface area contributed by atoms with Gasteiger partial charge in [-0.15, -0.1) is 0 Å². The second-order valence-electron chi connectivity index (χ2n) is 7.36. The number of aromatic nitrogens is 2. The van der Waals surface area contributed by atoms with E-state index in [1.54, 1.807) is 0 Å². The lowest BCUT2D eigenvalue weighted by Crippen LogP contribution is -2.48. The number of carbonyl (C=O) groups is 1. The zero-order chi connectivity index (χ0) is 17.1. The molecule has 5 nitrogen and oxygen atoms in total. The molecule has 0 unspecified atom stereocenters. The molecule has 4 rings (SSSR count). The normalized spacial score (nSPS) is 25.5. The van der Waals surface area contributed by atoms with Crippen molar-refractivity contribution in [2.75, 3.05) is 19.6 Å². The van der Waals surface area contributed by atoms with Gasteiger partial charge in [0.25, 0.3) is 0 Å². The molecule has 5 heteroatoms. The van der Waals surface area contributed by atoms with Crippen molar-refractivity contribution in [1.29, 1.82) is 0 Å². The van der Waals surface area contributed by atoms with Gasteiger partial charge in [-0.3, -0.25) is 4.79 Å². The minimum Gasteiger partial charge on any atom is -0.355 e. The van der Waals surface area contributed by atoms with Gasteiger partial charge in [-0.05, 0) is 49.4 Å². The average Bonchev–Trinajstić information content (AvgIpc) is 3.30. The first-order chi connectivity index (χ1) is 12.3. The average molecular weight is 338 g/mol. The van der Waals surface area contributed by atoms with Crippen LogP contribution >= 0.6 is 0 Å². The number of amides is 1. The molecule has 0 radical (unpaired) electrons. The van der Waals surface area contributed by atoms with E-state index < -0.39 is 0 Å². The van der Waals surface area contributed by atoms with Crippen molar-refractivity contribution in [3.63, 3.8) is 0 Å². The Bertz CT molecular complexity index is 726. The van der Waals surface area contributed by atoms with E-state index in [0.29, 0.717) is 12.5 Å². The van der Waals surface area contributed by atoms with Gasteiger partial charge in [-0.25, -0.2) is 4.68 Å². The molecule has 1 amide bonds. The minimum absolute atomic E-state index is 0.160. The molecule has 2 aliphatic rings. The van der Waals surface area contributed by atoms with Gasteiger partial charge in [-0.2, -0.15) is 5.10 Å². The predicted octanol–water partition coefficient (Wildman–Crippen LogP) is 2.31. The maximum Gasteiger partial charge on any atom is 0.227 e. The highest BCUT2D eigenvalue weighted by atomic mass is 16.2. The summed E-state index contributed by atoms with van der Waals surface area (Å²) in [5.74, 6) is 0.764. The summed E-state index contributed by atoms with van der Waals surface area (Å²) in [6.45, 7) is 2.51. The van der Waals surface area contributed by atoms with Crippen LogP contribution in [0.1, 0.15) is 31.2 Å². The van der Waals surface area contributed by atoms with Crippen molar-refractivity contribution in [1.82, 2.24) is 20.4 Å². The molecule has 2 aromatic rings. The number of rotatable bonds is 5. The maximum absolute atomic E-state index is 12.8. The highest BCUT2D eigenvalue weighted by Gasteiger charge is 2.49. The molecule has 1 aromatic carbocycles. The second kappa shape index (κ2) is 7.00. The fourth-order valence-corrected chi connectivity index (χ4v) is 4.40. The molecule has 1 aliphatic heterocycles. The Morgan fingerprint density at radius 2 is 2.20 bits per heavy atom. The molecular formula is C20H26N4O. The van der Waals surface area contributed by atoms with Crippen molar-refractivity contribution >= 4 is 5.91 Å². The van der Waals surface area contributed by atoms with E-state index in [4.69, 9.17) is 0 Å². The van der Waals surface area contributed by atoms with Crippen LogP contribution in [0.25, 0.3) is 5.69 Å². The van der Waals surface area contributed by atoms with Crippen LogP contribution in [0, 0.1) is 11.3 Å². The SMILES string of the molecule is O=C(NCCc1cnn(-c2ccccc2)c1)[C@@]12CCCC[C@H]1CNC2. The largest absolute Gasteiger partial charge is 0.355 e. The Morgan fingerprint density at radius 3 is 3.08 bits per heavy atom. The van der Waals surface area contributed by atoms with Gasteiger partial charge in [0.1, 0.15) is 0 Å². The smallest absolute Gasteiger partial charge is 0.227 e. The lowest BCUT2D eigenvalue weighted by atomic mass is 9.67. The summed E-state index contributed by atoms with van der Waals surface area (Å²) >= 11 is 0. The number of fused-ring (bicyclic) bond motifs is 1. The molecule has 1 aliphatic carbocycles. The van der Waals surface area contributed by atoms with Gasteiger partial charge in [0.2, 0.25) is 5.91 Å². The first-order valence-electron chi connectivity index (χ1n) is 9.36.